The minimum absolute atomic E-state index is 0. The molecule has 168 valence electrons. The fourth-order valence-electron chi connectivity index (χ4n) is 3.28. The van der Waals surface area contributed by atoms with Crippen molar-refractivity contribution >= 4 is 41.5 Å². The lowest BCUT2D eigenvalue weighted by atomic mass is 10.1. The van der Waals surface area contributed by atoms with Crippen molar-refractivity contribution in [3.05, 3.63) is 65.5 Å². The first-order valence-electron chi connectivity index (χ1n) is 10.4. The zero-order valence-corrected chi connectivity index (χ0v) is 20.0. The maximum atomic E-state index is 13.7. The van der Waals surface area contributed by atoms with E-state index in [-0.39, 0.29) is 41.8 Å². The van der Waals surface area contributed by atoms with Crippen LogP contribution in [0.25, 0.3) is 0 Å². The van der Waals surface area contributed by atoms with Gasteiger partial charge in [-0.15, -0.1) is 24.0 Å². The first-order valence-corrected chi connectivity index (χ1v) is 10.4. The van der Waals surface area contributed by atoms with Crippen molar-refractivity contribution in [1.29, 1.82) is 0 Å². The van der Waals surface area contributed by atoms with E-state index in [0.29, 0.717) is 37.6 Å². The molecule has 3 N–H and O–H groups in total. The number of amides is 1. The van der Waals surface area contributed by atoms with Crippen LogP contribution in [0.5, 0.6) is 0 Å². The molecule has 2 aromatic carbocycles. The topological polar surface area (TPSA) is 74.8 Å². The Morgan fingerprint density at radius 3 is 2.77 bits per heavy atom. The maximum absolute atomic E-state index is 13.7. The molecule has 3 rings (SSSR count). The number of nitrogens with zero attached hydrogens (tertiary/aromatic N) is 1. The van der Waals surface area contributed by atoms with Crippen molar-refractivity contribution in [3.8, 4) is 0 Å². The van der Waals surface area contributed by atoms with Gasteiger partial charge in [0.2, 0.25) is 0 Å². The summed E-state index contributed by atoms with van der Waals surface area (Å²) in [5, 5.41) is 9.35. The van der Waals surface area contributed by atoms with Gasteiger partial charge in [0.1, 0.15) is 11.9 Å². The number of guanidine groups is 1. The second-order valence-electron chi connectivity index (χ2n) is 7.15. The highest BCUT2D eigenvalue weighted by atomic mass is 127. The summed E-state index contributed by atoms with van der Waals surface area (Å²) in [5.41, 5.74) is 2.39. The highest BCUT2D eigenvalue weighted by Crippen LogP contribution is 2.16. The third kappa shape index (κ3) is 8.10. The molecular formula is C23H30FIN4O2. The van der Waals surface area contributed by atoms with Gasteiger partial charge < -0.3 is 20.7 Å². The number of hydrogen-bond donors (Lipinski definition) is 3. The van der Waals surface area contributed by atoms with E-state index in [1.54, 1.807) is 12.1 Å². The summed E-state index contributed by atoms with van der Waals surface area (Å²) in [5.74, 6) is 0.377. The van der Waals surface area contributed by atoms with Gasteiger partial charge in [-0.1, -0.05) is 30.3 Å². The monoisotopic (exact) mass is 540 g/mol. The number of halogens is 2. The van der Waals surface area contributed by atoms with Gasteiger partial charge in [-0.3, -0.25) is 4.79 Å². The normalized spacial score (nSPS) is 15.8. The molecule has 1 aliphatic rings. The number of nitrogens with one attached hydrogen (secondary N) is 3. The summed E-state index contributed by atoms with van der Waals surface area (Å²) in [7, 11) is 0. The van der Waals surface area contributed by atoms with Crippen molar-refractivity contribution < 1.29 is 13.9 Å². The van der Waals surface area contributed by atoms with Crippen LogP contribution in [0.1, 0.15) is 30.9 Å². The summed E-state index contributed by atoms with van der Waals surface area (Å²) in [6.07, 6.45) is 1.90. The molecule has 1 atom stereocenters. The molecule has 0 saturated carbocycles. The number of aliphatic imine (C=N–C) groups is 1. The molecule has 6 nitrogen and oxygen atoms in total. The Hall–Kier alpha value is -2.20. The second-order valence-corrected chi connectivity index (χ2v) is 7.15. The van der Waals surface area contributed by atoms with E-state index >= 15 is 0 Å². The summed E-state index contributed by atoms with van der Waals surface area (Å²) < 4.78 is 19.2. The van der Waals surface area contributed by atoms with Gasteiger partial charge in [-0.05, 0) is 55.5 Å². The van der Waals surface area contributed by atoms with Gasteiger partial charge in [-0.25, -0.2) is 9.38 Å². The zero-order chi connectivity index (χ0) is 21.2. The quantitative estimate of drug-likeness (QED) is 0.270. The first kappa shape index (κ1) is 25.1. The number of carbonyl (C=O) groups excluding carboxylic acids is 1. The number of carbonyl (C=O) groups is 1. The summed E-state index contributed by atoms with van der Waals surface area (Å²) >= 11 is 0. The molecule has 1 aliphatic heterocycles. The third-order valence-electron chi connectivity index (χ3n) is 4.83. The smallest absolute Gasteiger partial charge is 0.253 e. The molecule has 0 radical (unpaired) electrons. The van der Waals surface area contributed by atoms with Gasteiger partial charge in [-0.2, -0.15) is 0 Å². The standard InChI is InChI=1S/C23H29FN4O2.HI/c1-2-25-23(26-13-12-18-8-3-4-10-20(18)24)27-16-17-7-5-9-19(15-17)28-22(29)21-11-6-14-30-21;/h3-5,7-10,15,21H,2,6,11-14,16H2,1H3,(H,28,29)(H2,25,26,27);1H. The predicted molar refractivity (Wildman–Crippen MR) is 132 cm³/mol. The summed E-state index contributed by atoms with van der Waals surface area (Å²) in [4.78, 5) is 16.8. The molecule has 2 aromatic rings. The fraction of sp³-hybridized carbons (Fsp3) is 0.391. The van der Waals surface area contributed by atoms with E-state index < -0.39 is 0 Å². The molecule has 0 bridgehead atoms. The van der Waals surface area contributed by atoms with Crippen LogP contribution in [0.3, 0.4) is 0 Å². The molecular weight excluding hydrogens is 510 g/mol. The van der Waals surface area contributed by atoms with Gasteiger partial charge in [0.05, 0.1) is 6.54 Å². The van der Waals surface area contributed by atoms with Gasteiger partial charge in [0.25, 0.3) is 5.91 Å². The molecule has 1 unspecified atom stereocenters. The molecule has 0 aromatic heterocycles. The molecule has 0 spiro atoms. The van der Waals surface area contributed by atoms with Crippen LogP contribution in [0.15, 0.2) is 53.5 Å². The molecule has 0 aliphatic carbocycles. The van der Waals surface area contributed by atoms with Gasteiger partial charge >= 0.3 is 0 Å². The van der Waals surface area contributed by atoms with E-state index in [9.17, 15) is 9.18 Å². The Morgan fingerprint density at radius 2 is 2.03 bits per heavy atom. The van der Waals surface area contributed by atoms with E-state index in [1.807, 2.05) is 37.3 Å². The first-order chi connectivity index (χ1) is 14.7. The number of hydrogen-bond acceptors (Lipinski definition) is 3. The Balaban J connectivity index is 0.00000341. The Labute approximate surface area is 200 Å². The van der Waals surface area contributed by atoms with Gasteiger partial charge in [0, 0.05) is 25.4 Å². The predicted octanol–water partition coefficient (Wildman–Crippen LogP) is 3.86. The SMILES string of the molecule is CCNC(=NCc1cccc(NC(=O)C2CCCO2)c1)NCCc1ccccc1F.I. The van der Waals surface area contributed by atoms with Crippen LogP contribution in [0.2, 0.25) is 0 Å². The molecule has 1 amide bonds. The van der Waals surface area contributed by atoms with Crippen molar-refractivity contribution in [2.45, 2.75) is 38.8 Å². The lowest BCUT2D eigenvalue weighted by molar-refractivity contribution is -0.124. The number of rotatable bonds is 8. The van der Waals surface area contributed by atoms with Crippen LogP contribution in [-0.4, -0.2) is 37.7 Å². The summed E-state index contributed by atoms with van der Waals surface area (Å²) in [6, 6.07) is 14.4. The molecule has 1 heterocycles. The maximum Gasteiger partial charge on any atom is 0.253 e. The van der Waals surface area contributed by atoms with E-state index in [1.165, 1.54) is 6.07 Å². The number of benzene rings is 2. The minimum atomic E-state index is -0.356. The fourth-order valence-corrected chi connectivity index (χ4v) is 3.28. The lowest BCUT2D eigenvalue weighted by Gasteiger charge is -2.13. The van der Waals surface area contributed by atoms with Crippen molar-refractivity contribution in [3.63, 3.8) is 0 Å². The van der Waals surface area contributed by atoms with E-state index in [2.05, 4.69) is 20.9 Å². The van der Waals surface area contributed by atoms with E-state index in [0.717, 1.165) is 30.6 Å². The number of ether oxygens (including phenoxy) is 1. The molecule has 8 heteroatoms. The number of anilines is 1. The minimum Gasteiger partial charge on any atom is -0.368 e. The Bertz CT molecular complexity index is 872. The average molecular weight is 540 g/mol. The summed E-state index contributed by atoms with van der Waals surface area (Å²) in [6.45, 7) is 4.39. The van der Waals surface area contributed by atoms with Crippen LogP contribution in [0, 0.1) is 5.82 Å². The Morgan fingerprint density at radius 1 is 1.19 bits per heavy atom. The largest absolute Gasteiger partial charge is 0.368 e. The molecule has 1 saturated heterocycles. The second kappa shape index (κ2) is 13.3. The van der Waals surface area contributed by atoms with Crippen molar-refractivity contribution in [1.82, 2.24) is 10.6 Å². The van der Waals surface area contributed by atoms with E-state index in [4.69, 9.17) is 4.74 Å². The van der Waals surface area contributed by atoms with Crippen LogP contribution < -0.4 is 16.0 Å². The molecule has 1 fully saturated rings. The zero-order valence-electron chi connectivity index (χ0n) is 17.7. The average Bonchev–Trinajstić information content (AvgIpc) is 3.29. The van der Waals surface area contributed by atoms with Crippen LogP contribution >= 0.6 is 24.0 Å². The van der Waals surface area contributed by atoms with Crippen LogP contribution in [-0.2, 0) is 22.5 Å². The van der Waals surface area contributed by atoms with Crippen LogP contribution in [0.4, 0.5) is 10.1 Å². The van der Waals surface area contributed by atoms with Crippen molar-refractivity contribution in [2.75, 3.05) is 25.0 Å². The molecule has 31 heavy (non-hydrogen) atoms. The highest BCUT2D eigenvalue weighted by molar-refractivity contribution is 14.0. The highest BCUT2D eigenvalue weighted by Gasteiger charge is 2.23. The third-order valence-corrected chi connectivity index (χ3v) is 4.83. The van der Waals surface area contributed by atoms with Gasteiger partial charge in [0.15, 0.2) is 5.96 Å². The Kier molecular flexibility index (Phi) is 10.7. The van der Waals surface area contributed by atoms with Crippen molar-refractivity contribution in [2.24, 2.45) is 4.99 Å². The lowest BCUT2D eigenvalue weighted by Crippen LogP contribution is -2.38.